The molecule has 2 N–H and O–H groups in total. The minimum Gasteiger partial charge on any atom is -0.370 e. The first-order valence-electron chi connectivity index (χ1n) is 7.87. The number of hydrogen-bond acceptors (Lipinski definition) is 3. The predicted molar refractivity (Wildman–Crippen MR) is 86.9 cm³/mol. The molecule has 4 nitrogen and oxygen atoms in total. The summed E-state index contributed by atoms with van der Waals surface area (Å²) in [7, 11) is 0. The molecule has 21 heavy (non-hydrogen) atoms. The van der Waals surface area contributed by atoms with Crippen LogP contribution in [-0.2, 0) is 0 Å². The molecule has 1 aliphatic rings. The second-order valence-corrected chi connectivity index (χ2v) is 6.00. The maximum absolute atomic E-state index is 12.5. The fraction of sp³-hybridized carbons (Fsp3) is 0.625. The molecular formula is C16H24ClN3O. The highest BCUT2D eigenvalue weighted by atomic mass is 35.5. The number of anilines is 1. The van der Waals surface area contributed by atoms with E-state index in [1.165, 1.54) is 19.3 Å². The van der Waals surface area contributed by atoms with E-state index in [-0.39, 0.29) is 11.9 Å². The molecule has 5 heteroatoms. The third-order valence-electron chi connectivity index (χ3n) is 4.17. The van der Waals surface area contributed by atoms with Gasteiger partial charge in [0.1, 0.15) is 11.5 Å². The van der Waals surface area contributed by atoms with Crippen LogP contribution >= 0.6 is 11.6 Å². The van der Waals surface area contributed by atoms with Crippen molar-refractivity contribution in [1.82, 2.24) is 10.3 Å². The van der Waals surface area contributed by atoms with Gasteiger partial charge in [-0.15, -0.1) is 0 Å². The average molecular weight is 310 g/mol. The summed E-state index contributed by atoms with van der Waals surface area (Å²) in [4.78, 5) is 16.8. The monoisotopic (exact) mass is 309 g/mol. The molecule has 0 aliphatic heterocycles. The number of pyridine rings is 1. The van der Waals surface area contributed by atoms with Gasteiger partial charge in [0.2, 0.25) is 0 Å². The molecule has 1 aromatic rings. The molecule has 2 atom stereocenters. The number of carbonyl (C=O) groups is 1. The highest BCUT2D eigenvalue weighted by molar-refractivity contribution is 6.33. The number of carbonyl (C=O) groups excluding carboxylic acids is 1. The molecule has 1 fully saturated rings. The molecule has 1 aromatic heterocycles. The van der Waals surface area contributed by atoms with E-state index in [1.807, 2.05) is 6.92 Å². The summed E-state index contributed by atoms with van der Waals surface area (Å²) >= 11 is 6.13. The third kappa shape index (κ3) is 4.10. The molecular weight excluding hydrogens is 286 g/mol. The Balaban J connectivity index is 2.10. The molecule has 1 amide bonds. The summed E-state index contributed by atoms with van der Waals surface area (Å²) in [6.45, 7) is 4.94. The van der Waals surface area contributed by atoms with E-state index >= 15 is 0 Å². The Morgan fingerprint density at radius 3 is 2.81 bits per heavy atom. The standard InChI is InChI=1S/C16H24ClN3O/c1-3-11-7-5-6-8-13(11)19-16(21)15-12(17)9-10-14(20-15)18-4-2/h9-11,13H,3-8H2,1-2H3,(H,18,20)(H,19,21). The van der Waals surface area contributed by atoms with Crippen LogP contribution in [0.5, 0.6) is 0 Å². The highest BCUT2D eigenvalue weighted by Crippen LogP contribution is 2.27. The zero-order valence-electron chi connectivity index (χ0n) is 12.8. The number of halogens is 1. The molecule has 0 radical (unpaired) electrons. The smallest absolute Gasteiger partial charge is 0.271 e. The average Bonchev–Trinajstić information content (AvgIpc) is 2.50. The van der Waals surface area contributed by atoms with Crippen molar-refractivity contribution in [1.29, 1.82) is 0 Å². The van der Waals surface area contributed by atoms with Crippen LogP contribution in [0.15, 0.2) is 12.1 Å². The second-order valence-electron chi connectivity index (χ2n) is 5.59. The Morgan fingerprint density at radius 1 is 1.33 bits per heavy atom. The van der Waals surface area contributed by atoms with Crippen molar-refractivity contribution < 1.29 is 4.79 Å². The van der Waals surface area contributed by atoms with Crippen LogP contribution in [0.25, 0.3) is 0 Å². The van der Waals surface area contributed by atoms with Crippen molar-refractivity contribution in [3.8, 4) is 0 Å². The minimum absolute atomic E-state index is 0.162. The quantitative estimate of drug-likeness (QED) is 0.868. The molecule has 0 saturated heterocycles. The van der Waals surface area contributed by atoms with Gasteiger partial charge in [0.05, 0.1) is 5.02 Å². The first kappa shape index (κ1) is 16.1. The van der Waals surface area contributed by atoms with Gasteiger partial charge >= 0.3 is 0 Å². The number of amides is 1. The van der Waals surface area contributed by atoms with Crippen molar-refractivity contribution in [3.05, 3.63) is 22.8 Å². The lowest BCUT2D eigenvalue weighted by Gasteiger charge is -2.31. The molecule has 0 bridgehead atoms. The molecule has 1 saturated carbocycles. The molecule has 0 spiro atoms. The Labute approximate surface area is 131 Å². The minimum atomic E-state index is -0.162. The van der Waals surface area contributed by atoms with Crippen molar-refractivity contribution in [2.75, 3.05) is 11.9 Å². The summed E-state index contributed by atoms with van der Waals surface area (Å²) in [5.41, 5.74) is 0.315. The van der Waals surface area contributed by atoms with Gasteiger partial charge in [0, 0.05) is 12.6 Å². The molecule has 1 heterocycles. The van der Waals surface area contributed by atoms with Gasteiger partial charge in [-0.3, -0.25) is 4.79 Å². The molecule has 0 aromatic carbocycles. The van der Waals surface area contributed by atoms with Crippen molar-refractivity contribution in [2.24, 2.45) is 5.92 Å². The van der Waals surface area contributed by atoms with Gasteiger partial charge in [-0.2, -0.15) is 0 Å². The van der Waals surface area contributed by atoms with Gasteiger partial charge in [-0.1, -0.05) is 37.8 Å². The predicted octanol–water partition coefficient (Wildman–Crippen LogP) is 3.87. The van der Waals surface area contributed by atoms with E-state index < -0.39 is 0 Å². The number of aromatic nitrogens is 1. The lowest BCUT2D eigenvalue weighted by molar-refractivity contribution is 0.0900. The van der Waals surface area contributed by atoms with E-state index in [0.29, 0.717) is 22.5 Å². The van der Waals surface area contributed by atoms with Gasteiger partial charge in [-0.25, -0.2) is 4.98 Å². The van der Waals surface area contributed by atoms with E-state index in [1.54, 1.807) is 12.1 Å². The van der Waals surface area contributed by atoms with Crippen LogP contribution in [0, 0.1) is 5.92 Å². The number of hydrogen-bond donors (Lipinski definition) is 2. The molecule has 1 aliphatic carbocycles. The maximum Gasteiger partial charge on any atom is 0.271 e. The van der Waals surface area contributed by atoms with Crippen LogP contribution in [0.1, 0.15) is 56.4 Å². The fourth-order valence-electron chi connectivity index (χ4n) is 3.00. The maximum atomic E-state index is 12.5. The van der Waals surface area contributed by atoms with Gasteiger partial charge in [-0.05, 0) is 37.8 Å². The van der Waals surface area contributed by atoms with Crippen molar-refractivity contribution >= 4 is 23.3 Å². The number of nitrogens with zero attached hydrogens (tertiary/aromatic N) is 1. The molecule has 2 unspecified atom stereocenters. The summed E-state index contributed by atoms with van der Waals surface area (Å²) < 4.78 is 0. The lowest BCUT2D eigenvalue weighted by Crippen LogP contribution is -2.42. The van der Waals surface area contributed by atoms with Crippen LogP contribution in [0.4, 0.5) is 5.82 Å². The summed E-state index contributed by atoms with van der Waals surface area (Å²) in [6, 6.07) is 3.76. The van der Waals surface area contributed by atoms with Crippen LogP contribution in [0.3, 0.4) is 0 Å². The highest BCUT2D eigenvalue weighted by Gasteiger charge is 2.26. The van der Waals surface area contributed by atoms with Crippen LogP contribution < -0.4 is 10.6 Å². The van der Waals surface area contributed by atoms with Crippen molar-refractivity contribution in [3.63, 3.8) is 0 Å². The Kier molecular flexibility index (Phi) is 5.85. The topological polar surface area (TPSA) is 54.0 Å². The largest absolute Gasteiger partial charge is 0.370 e. The fourth-order valence-corrected chi connectivity index (χ4v) is 3.20. The summed E-state index contributed by atoms with van der Waals surface area (Å²) in [5, 5.41) is 6.64. The zero-order valence-corrected chi connectivity index (χ0v) is 13.5. The van der Waals surface area contributed by atoms with E-state index in [2.05, 4.69) is 22.5 Å². The zero-order chi connectivity index (χ0) is 15.2. The normalized spacial score (nSPS) is 21.9. The second kappa shape index (κ2) is 7.64. The lowest BCUT2D eigenvalue weighted by atomic mass is 9.83. The SMILES string of the molecule is CCNc1ccc(Cl)c(C(=O)NC2CCCCC2CC)n1. The first-order chi connectivity index (χ1) is 10.2. The Morgan fingerprint density at radius 2 is 2.10 bits per heavy atom. The number of nitrogens with one attached hydrogen (secondary N) is 2. The van der Waals surface area contributed by atoms with Gasteiger partial charge < -0.3 is 10.6 Å². The van der Waals surface area contributed by atoms with Crippen LogP contribution in [-0.4, -0.2) is 23.5 Å². The summed E-state index contributed by atoms with van der Waals surface area (Å²) in [6.07, 6.45) is 5.79. The summed E-state index contributed by atoms with van der Waals surface area (Å²) in [5.74, 6) is 1.09. The van der Waals surface area contributed by atoms with Crippen molar-refractivity contribution in [2.45, 2.75) is 52.0 Å². The molecule has 116 valence electrons. The number of rotatable bonds is 5. The first-order valence-corrected chi connectivity index (χ1v) is 8.24. The van der Waals surface area contributed by atoms with Gasteiger partial charge in [0.25, 0.3) is 5.91 Å². The van der Waals surface area contributed by atoms with Crippen LogP contribution in [0.2, 0.25) is 5.02 Å². The third-order valence-corrected chi connectivity index (χ3v) is 4.47. The van der Waals surface area contributed by atoms with Gasteiger partial charge in [0.15, 0.2) is 0 Å². The Hall–Kier alpha value is -1.29. The van der Waals surface area contributed by atoms with E-state index in [4.69, 9.17) is 11.6 Å². The van der Waals surface area contributed by atoms with E-state index in [0.717, 1.165) is 19.4 Å². The van der Waals surface area contributed by atoms with E-state index in [9.17, 15) is 4.79 Å². The molecule has 2 rings (SSSR count). The Bertz CT molecular complexity index is 492.